The van der Waals surface area contributed by atoms with Gasteiger partial charge in [0, 0.05) is 49.7 Å². The molecule has 63 heavy (non-hydrogen) atoms. The molecule has 20 heteroatoms. The molecule has 2 aromatic carbocycles. The molecule has 0 amide bonds. The first-order chi connectivity index (χ1) is 30.2. The largest absolute Gasteiger partial charge is 0.382 e. The highest BCUT2D eigenvalue weighted by Crippen LogP contribution is 2.33. The van der Waals surface area contributed by atoms with Crippen LogP contribution in [0.5, 0.6) is 0 Å². The van der Waals surface area contributed by atoms with Gasteiger partial charge in [-0.1, -0.05) is 43.8 Å². The summed E-state index contributed by atoms with van der Waals surface area (Å²) in [4.78, 5) is 24.7. The van der Waals surface area contributed by atoms with E-state index in [1.807, 2.05) is 21.9 Å². The first kappa shape index (κ1) is 44.9. The van der Waals surface area contributed by atoms with Gasteiger partial charge in [-0.2, -0.15) is 15.5 Å². The smallest absolute Gasteiger partial charge is 0.366 e. The summed E-state index contributed by atoms with van der Waals surface area (Å²) in [6.07, 6.45) is 2.68. The molecule has 0 saturated carbocycles. The Morgan fingerprint density at radius 3 is 1.81 bits per heavy atom. The molecule has 2 aliphatic rings. The van der Waals surface area contributed by atoms with E-state index < -0.39 is 6.17 Å². The number of ether oxygens (including phenoxy) is 2. The highest BCUT2D eigenvalue weighted by molar-refractivity contribution is 6.04. The number of nitrogen functional groups attached to an aromatic ring is 3. The summed E-state index contributed by atoms with van der Waals surface area (Å²) in [5, 5.41) is 26.4. The fourth-order valence-electron chi connectivity index (χ4n) is 6.90. The van der Waals surface area contributed by atoms with Crippen LogP contribution < -0.4 is 22.1 Å². The average Bonchev–Trinajstić information content (AvgIpc) is 3.85. The Labute approximate surface area is 361 Å². The minimum atomic E-state index is -0.612. The quantitative estimate of drug-likeness (QED) is 0.0920. The summed E-state index contributed by atoms with van der Waals surface area (Å²) in [6.45, 7) is 12.4. The second-order valence-electron chi connectivity index (χ2n) is 13.9. The van der Waals surface area contributed by atoms with Gasteiger partial charge in [-0.15, -0.1) is 0 Å². The molecule has 1 unspecified atom stereocenters. The molecule has 0 radical (unpaired) electrons. The number of amidine groups is 1. The van der Waals surface area contributed by atoms with Crippen molar-refractivity contribution in [1.29, 1.82) is 10.7 Å². The van der Waals surface area contributed by atoms with Crippen LogP contribution in [0.2, 0.25) is 0 Å². The summed E-state index contributed by atoms with van der Waals surface area (Å²) >= 11 is 0. The number of halogens is 2. The van der Waals surface area contributed by atoms with Gasteiger partial charge in [0.05, 0.1) is 50.3 Å². The van der Waals surface area contributed by atoms with E-state index in [4.69, 9.17) is 43.9 Å². The van der Waals surface area contributed by atoms with Gasteiger partial charge in [0.1, 0.15) is 34.5 Å². The molecule has 7 N–H and O–H groups in total. The second-order valence-corrected chi connectivity index (χ2v) is 13.9. The number of fused-ring (bicyclic) bond motifs is 2. The molecule has 7 heterocycles. The standard InChI is InChI=1S/C21H21FN8O.C14H12FN5.C7H9N3O.CH4/c22-15-6-2-1-4-13(15)12-30-21-14(5-3-7-25-21)16(28-30)20-26-18(23)17(19(24)27-20)29-8-10-31-11-9-29;15-11-6-2-1-4-9(11)8-20-14-10(5-3-7-18-14)12(19-20)13(16)17;1-9-7(6-8)10-2-4-11-5-3-10;/h1-7H,8-12H2,(H4,23,24,26,27);1-7H,8H2,(H3,16,17);7H,2-5H2;1H4. The van der Waals surface area contributed by atoms with Crippen molar-refractivity contribution in [1.82, 2.24) is 44.4 Å². The second kappa shape index (κ2) is 20.7. The monoisotopic (exact) mass is 856 g/mol. The molecular formula is C43H46F2N16O2. The Balaban J connectivity index is 0.000000177. The zero-order valence-electron chi connectivity index (χ0n) is 33.4. The maximum Gasteiger partial charge on any atom is 0.366 e. The first-order valence-corrected chi connectivity index (χ1v) is 19.4. The molecular weight excluding hydrogens is 811 g/mol. The van der Waals surface area contributed by atoms with E-state index in [0.29, 0.717) is 103 Å². The van der Waals surface area contributed by atoms with Crippen LogP contribution in [0.4, 0.5) is 26.1 Å². The van der Waals surface area contributed by atoms with Crippen LogP contribution in [0.1, 0.15) is 24.2 Å². The number of nitrogens with two attached hydrogens (primary N) is 3. The molecule has 2 fully saturated rings. The molecule has 2 aliphatic heterocycles. The van der Waals surface area contributed by atoms with Gasteiger partial charge >= 0.3 is 6.17 Å². The van der Waals surface area contributed by atoms with Gasteiger partial charge < -0.3 is 31.6 Å². The predicted octanol–water partition coefficient (Wildman–Crippen LogP) is 4.70. The number of hydrogen-bond acceptors (Lipinski definition) is 14. The van der Waals surface area contributed by atoms with Crippen molar-refractivity contribution in [3.8, 4) is 17.6 Å². The van der Waals surface area contributed by atoms with Crippen molar-refractivity contribution < 1.29 is 18.3 Å². The van der Waals surface area contributed by atoms with Crippen LogP contribution in [-0.2, 0) is 22.6 Å². The van der Waals surface area contributed by atoms with Gasteiger partial charge in [0.2, 0.25) is 0 Å². The molecule has 1 atom stereocenters. The number of benzene rings is 2. The number of hydrogen-bond donors (Lipinski definition) is 4. The lowest BCUT2D eigenvalue weighted by Crippen LogP contribution is -2.41. The Bertz CT molecular complexity index is 2730. The number of nitrogens with zero attached hydrogens (tertiary/aromatic N) is 12. The fraction of sp³-hybridized carbons (Fsp3) is 0.279. The van der Waals surface area contributed by atoms with Gasteiger partial charge in [0.25, 0.3) is 0 Å². The van der Waals surface area contributed by atoms with E-state index in [9.17, 15) is 8.78 Å². The average molecular weight is 857 g/mol. The third-order valence-corrected chi connectivity index (χ3v) is 9.93. The van der Waals surface area contributed by atoms with Gasteiger partial charge in [-0.25, -0.2) is 49.6 Å². The van der Waals surface area contributed by atoms with Crippen molar-refractivity contribution in [3.63, 3.8) is 0 Å². The van der Waals surface area contributed by atoms with Crippen molar-refractivity contribution in [3.05, 3.63) is 125 Å². The Hall–Kier alpha value is -7.65. The number of nitriles is 1. The van der Waals surface area contributed by atoms with E-state index in [1.165, 1.54) is 12.1 Å². The number of aromatic nitrogens is 8. The number of rotatable bonds is 8. The number of pyridine rings is 2. The van der Waals surface area contributed by atoms with E-state index in [1.54, 1.807) is 76.4 Å². The van der Waals surface area contributed by atoms with Crippen LogP contribution in [0.3, 0.4) is 0 Å². The molecule has 2 saturated heterocycles. The predicted molar refractivity (Wildman–Crippen MR) is 235 cm³/mol. The Morgan fingerprint density at radius 1 is 0.778 bits per heavy atom. The van der Waals surface area contributed by atoms with E-state index in [-0.39, 0.29) is 49.6 Å². The molecule has 7 aromatic rings. The summed E-state index contributed by atoms with van der Waals surface area (Å²) in [7, 11) is 0. The molecule has 324 valence electrons. The lowest BCUT2D eigenvalue weighted by atomic mass is 10.2. The topological polar surface area (TPSA) is 242 Å². The highest BCUT2D eigenvalue weighted by Gasteiger charge is 2.25. The Kier molecular flexibility index (Phi) is 14.8. The molecule has 18 nitrogen and oxygen atoms in total. The van der Waals surface area contributed by atoms with E-state index >= 15 is 0 Å². The zero-order valence-corrected chi connectivity index (χ0v) is 33.4. The third kappa shape index (κ3) is 10.3. The summed E-state index contributed by atoms with van der Waals surface area (Å²) in [5.74, 6) is 0.141. The maximum atomic E-state index is 14.2. The molecule has 5 aromatic heterocycles. The van der Waals surface area contributed by atoms with Crippen LogP contribution in [0.15, 0.2) is 85.2 Å². The normalized spacial score (nSPS) is 14.3. The first-order valence-electron chi connectivity index (χ1n) is 19.4. The summed E-state index contributed by atoms with van der Waals surface area (Å²) in [6, 6.07) is 22.2. The lowest BCUT2D eigenvalue weighted by molar-refractivity contribution is 0.0337. The van der Waals surface area contributed by atoms with Crippen LogP contribution in [0, 0.1) is 34.9 Å². The minimum absolute atomic E-state index is 0. The van der Waals surface area contributed by atoms with Gasteiger partial charge in [-0.05, 0) is 36.4 Å². The van der Waals surface area contributed by atoms with Crippen LogP contribution in [0.25, 0.3) is 38.4 Å². The number of anilines is 3. The maximum absolute atomic E-state index is 14.2. The molecule has 9 rings (SSSR count). The lowest BCUT2D eigenvalue weighted by Gasteiger charge is -2.29. The summed E-state index contributed by atoms with van der Waals surface area (Å²) in [5.41, 5.74) is 21.7. The highest BCUT2D eigenvalue weighted by atomic mass is 19.1. The SMILES string of the molecule is C.N=C(N)c1nn(Cc2ccccc2F)c2ncccc12.Nc1nc(-c2nn(Cc3ccccc3F)c3ncccc23)nc(N)c1N1CCOCC1.[C-]#[N+]C(C#N)N1CCOCC1. The minimum Gasteiger partial charge on any atom is -0.382 e. The van der Waals surface area contributed by atoms with Crippen LogP contribution >= 0.6 is 0 Å². The third-order valence-electron chi connectivity index (χ3n) is 9.93. The Morgan fingerprint density at radius 2 is 1.29 bits per heavy atom. The van der Waals surface area contributed by atoms with Crippen molar-refractivity contribution >= 4 is 45.2 Å². The van der Waals surface area contributed by atoms with Crippen molar-refractivity contribution in [2.24, 2.45) is 5.73 Å². The van der Waals surface area contributed by atoms with E-state index in [0.717, 1.165) is 5.39 Å². The van der Waals surface area contributed by atoms with Gasteiger partial charge in [0.15, 0.2) is 34.8 Å². The van der Waals surface area contributed by atoms with Crippen molar-refractivity contribution in [2.75, 3.05) is 69.0 Å². The molecule has 0 aliphatic carbocycles. The van der Waals surface area contributed by atoms with Crippen molar-refractivity contribution in [2.45, 2.75) is 26.7 Å². The fourth-order valence-corrected chi connectivity index (χ4v) is 6.90. The van der Waals surface area contributed by atoms with E-state index in [2.05, 4.69) is 35.0 Å². The van der Waals surface area contributed by atoms with Crippen LogP contribution in [-0.4, -0.2) is 109 Å². The summed E-state index contributed by atoms with van der Waals surface area (Å²) < 4.78 is 41.6. The molecule has 0 bridgehead atoms. The van der Waals surface area contributed by atoms with Gasteiger partial charge in [-0.3, -0.25) is 10.3 Å². The number of morpholine rings is 2. The molecule has 0 spiro atoms. The number of nitrogens with one attached hydrogen (secondary N) is 1. The zero-order chi connectivity index (χ0) is 43.6.